The van der Waals surface area contributed by atoms with Crippen molar-refractivity contribution >= 4 is 11.7 Å². The minimum absolute atomic E-state index is 0.178. The fourth-order valence-electron chi connectivity index (χ4n) is 1.27. The molecule has 1 aromatic rings. The van der Waals surface area contributed by atoms with Gasteiger partial charge in [-0.25, -0.2) is 4.79 Å². The highest BCUT2D eigenvalue weighted by molar-refractivity contribution is 5.91. The molecule has 0 saturated heterocycles. The SMILES string of the molecule is Cc1cccc(NC(=O)NCC(F)(F)F)c1C#N. The van der Waals surface area contributed by atoms with Crippen molar-refractivity contribution in [3.63, 3.8) is 0 Å². The molecular formula is C11H10F3N3O. The quantitative estimate of drug-likeness (QED) is 0.855. The molecular weight excluding hydrogens is 247 g/mol. The van der Waals surface area contributed by atoms with Crippen molar-refractivity contribution in [1.29, 1.82) is 5.26 Å². The van der Waals surface area contributed by atoms with E-state index in [2.05, 4.69) is 5.32 Å². The Hall–Kier alpha value is -2.23. The van der Waals surface area contributed by atoms with Gasteiger partial charge in [-0.05, 0) is 18.6 Å². The summed E-state index contributed by atoms with van der Waals surface area (Å²) < 4.78 is 35.6. The molecule has 0 radical (unpaired) electrons. The van der Waals surface area contributed by atoms with Crippen LogP contribution in [-0.4, -0.2) is 18.8 Å². The lowest BCUT2D eigenvalue weighted by Gasteiger charge is -2.11. The van der Waals surface area contributed by atoms with Crippen LogP contribution in [0.4, 0.5) is 23.7 Å². The number of hydrogen-bond donors (Lipinski definition) is 2. The van der Waals surface area contributed by atoms with Gasteiger partial charge < -0.3 is 10.6 Å². The van der Waals surface area contributed by atoms with Crippen LogP contribution in [0.2, 0.25) is 0 Å². The number of anilines is 1. The summed E-state index contributed by atoms with van der Waals surface area (Å²) in [6.45, 7) is 0.240. The first kappa shape index (κ1) is 13.8. The van der Waals surface area contributed by atoms with Crippen LogP contribution >= 0.6 is 0 Å². The standard InChI is InChI=1S/C11H10F3N3O/c1-7-3-2-4-9(8(7)5-15)17-10(18)16-6-11(12,13)14/h2-4H,6H2,1H3,(H2,16,17,18). The van der Waals surface area contributed by atoms with E-state index in [1.807, 2.05) is 6.07 Å². The van der Waals surface area contributed by atoms with Crippen molar-refractivity contribution < 1.29 is 18.0 Å². The van der Waals surface area contributed by atoms with Gasteiger partial charge >= 0.3 is 12.2 Å². The molecule has 0 aliphatic rings. The molecule has 7 heteroatoms. The van der Waals surface area contributed by atoms with Gasteiger partial charge in [0.15, 0.2) is 0 Å². The number of halogens is 3. The van der Waals surface area contributed by atoms with Crippen molar-refractivity contribution in [2.45, 2.75) is 13.1 Å². The molecule has 1 rings (SSSR count). The molecule has 0 fully saturated rings. The lowest BCUT2D eigenvalue weighted by Crippen LogP contribution is -2.36. The largest absolute Gasteiger partial charge is 0.405 e. The highest BCUT2D eigenvalue weighted by atomic mass is 19.4. The first-order valence-electron chi connectivity index (χ1n) is 4.95. The van der Waals surface area contributed by atoms with E-state index in [9.17, 15) is 18.0 Å². The van der Waals surface area contributed by atoms with E-state index in [-0.39, 0.29) is 11.3 Å². The summed E-state index contributed by atoms with van der Waals surface area (Å²) in [4.78, 5) is 11.2. The highest BCUT2D eigenvalue weighted by Crippen LogP contribution is 2.18. The minimum Gasteiger partial charge on any atom is -0.329 e. The predicted molar refractivity (Wildman–Crippen MR) is 59.0 cm³/mol. The Labute approximate surface area is 101 Å². The molecule has 96 valence electrons. The second-order valence-corrected chi connectivity index (χ2v) is 3.53. The second kappa shape index (κ2) is 5.40. The lowest BCUT2D eigenvalue weighted by molar-refractivity contribution is -0.122. The molecule has 0 unspecified atom stereocenters. The number of rotatable bonds is 2. The molecule has 0 saturated carbocycles. The van der Waals surface area contributed by atoms with E-state index in [1.54, 1.807) is 24.4 Å². The van der Waals surface area contributed by atoms with E-state index in [0.29, 0.717) is 5.56 Å². The fraction of sp³-hybridized carbons (Fsp3) is 0.273. The van der Waals surface area contributed by atoms with Crippen molar-refractivity contribution in [3.8, 4) is 6.07 Å². The summed E-state index contributed by atoms with van der Waals surface area (Å²) in [5, 5.41) is 12.7. The average molecular weight is 257 g/mol. The van der Waals surface area contributed by atoms with Crippen LogP contribution in [0.25, 0.3) is 0 Å². The number of aryl methyl sites for hydroxylation is 1. The molecule has 0 spiro atoms. The van der Waals surface area contributed by atoms with Crippen molar-refractivity contribution in [2.75, 3.05) is 11.9 Å². The number of alkyl halides is 3. The van der Waals surface area contributed by atoms with Gasteiger partial charge in [-0.1, -0.05) is 12.1 Å². The number of carbonyl (C=O) groups excluding carboxylic acids is 1. The Balaban J connectivity index is 2.72. The summed E-state index contributed by atoms with van der Waals surface area (Å²) in [7, 11) is 0. The molecule has 18 heavy (non-hydrogen) atoms. The van der Waals surface area contributed by atoms with Crippen molar-refractivity contribution in [2.24, 2.45) is 0 Å². The first-order valence-corrected chi connectivity index (χ1v) is 4.95. The van der Waals surface area contributed by atoms with Crippen molar-refractivity contribution in [3.05, 3.63) is 29.3 Å². The maximum absolute atomic E-state index is 11.9. The maximum atomic E-state index is 11.9. The zero-order valence-electron chi connectivity index (χ0n) is 9.43. The Morgan fingerprint density at radius 3 is 2.67 bits per heavy atom. The first-order chi connectivity index (χ1) is 8.33. The van der Waals surface area contributed by atoms with Gasteiger partial charge in [0.05, 0.1) is 11.3 Å². The van der Waals surface area contributed by atoms with E-state index < -0.39 is 18.8 Å². The van der Waals surface area contributed by atoms with Gasteiger partial charge in [-0.15, -0.1) is 0 Å². The van der Waals surface area contributed by atoms with E-state index in [1.165, 1.54) is 6.07 Å². The van der Waals surface area contributed by atoms with Crippen LogP contribution in [0.15, 0.2) is 18.2 Å². The number of nitriles is 1. The topological polar surface area (TPSA) is 64.9 Å². The highest BCUT2D eigenvalue weighted by Gasteiger charge is 2.27. The number of nitrogens with one attached hydrogen (secondary N) is 2. The maximum Gasteiger partial charge on any atom is 0.405 e. The number of amides is 2. The minimum atomic E-state index is -4.47. The molecule has 2 N–H and O–H groups in total. The van der Waals surface area contributed by atoms with Crippen LogP contribution in [0.3, 0.4) is 0 Å². The molecule has 0 aromatic heterocycles. The van der Waals surface area contributed by atoms with Gasteiger partial charge in [-0.2, -0.15) is 18.4 Å². The summed E-state index contributed by atoms with van der Waals surface area (Å²) in [5.41, 5.74) is 1.03. The van der Waals surface area contributed by atoms with Gasteiger partial charge in [-0.3, -0.25) is 0 Å². The normalized spacial score (nSPS) is 10.6. The third-order valence-electron chi connectivity index (χ3n) is 2.08. The Bertz CT molecular complexity index is 491. The van der Waals surface area contributed by atoms with Gasteiger partial charge in [0, 0.05) is 0 Å². The number of carbonyl (C=O) groups is 1. The summed E-state index contributed by atoms with van der Waals surface area (Å²) >= 11 is 0. The van der Waals surface area contributed by atoms with Gasteiger partial charge in [0.2, 0.25) is 0 Å². The number of nitrogens with zero attached hydrogens (tertiary/aromatic N) is 1. The van der Waals surface area contributed by atoms with Crippen LogP contribution in [0, 0.1) is 18.3 Å². The molecule has 1 aromatic carbocycles. The van der Waals surface area contributed by atoms with Gasteiger partial charge in [0.25, 0.3) is 0 Å². The fourth-order valence-corrected chi connectivity index (χ4v) is 1.27. The Kier molecular flexibility index (Phi) is 4.15. The predicted octanol–water partition coefficient (Wildman–Crippen LogP) is 2.55. The zero-order valence-corrected chi connectivity index (χ0v) is 9.43. The van der Waals surface area contributed by atoms with Gasteiger partial charge in [0.1, 0.15) is 12.6 Å². The van der Waals surface area contributed by atoms with E-state index in [4.69, 9.17) is 5.26 Å². The smallest absolute Gasteiger partial charge is 0.329 e. The molecule has 0 aliphatic carbocycles. The molecule has 0 heterocycles. The van der Waals surface area contributed by atoms with Crippen molar-refractivity contribution in [1.82, 2.24) is 5.32 Å². The zero-order chi connectivity index (χ0) is 13.8. The Morgan fingerprint density at radius 2 is 2.11 bits per heavy atom. The van der Waals surface area contributed by atoms with E-state index in [0.717, 1.165) is 0 Å². The second-order valence-electron chi connectivity index (χ2n) is 3.53. The van der Waals surface area contributed by atoms with Crippen LogP contribution in [-0.2, 0) is 0 Å². The van der Waals surface area contributed by atoms with Crippen LogP contribution in [0.1, 0.15) is 11.1 Å². The molecule has 0 aliphatic heterocycles. The lowest BCUT2D eigenvalue weighted by atomic mass is 10.1. The Morgan fingerprint density at radius 1 is 1.44 bits per heavy atom. The average Bonchev–Trinajstić information content (AvgIpc) is 2.26. The third kappa shape index (κ3) is 3.97. The number of hydrogen-bond acceptors (Lipinski definition) is 2. The molecule has 0 bridgehead atoms. The molecule has 2 amide bonds. The van der Waals surface area contributed by atoms with E-state index >= 15 is 0 Å². The summed E-state index contributed by atoms with van der Waals surface area (Å²) in [5.74, 6) is 0. The monoisotopic (exact) mass is 257 g/mol. The number of urea groups is 1. The van der Waals surface area contributed by atoms with Crippen LogP contribution in [0.5, 0.6) is 0 Å². The summed E-state index contributed by atoms with van der Waals surface area (Å²) in [6.07, 6.45) is -4.47. The number of benzene rings is 1. The molecule has 0 atom stereocenters. The summed E-state index contributed by atoms with van der Waals surface area (Å²) in [6, 6.07) is 5.57. The van der Waals surface area contributed by atoms with Crippen LogP contribution < -0.4 is 10.6 Å². The third-order valence-corrected chi connectivity index (χ3v) is 2.08. The molecule has 4 nitrogen and oxygen atoms in total.